The minimum atomic E-state index is -0.460. The molecule has 0 radical (unpaired) electrons. The van der Waals surface area contributed by atoms with Crippen LogP contribution in [0.3, 0.4) is 0 Å². The lowest BCUT2D eigenvalue weighted by molar-refractivity contribution is -0.118. The maximum Gasteiger partial charge on any atom is 0.260 e. The van der Waals surface area contributed by atoms with Crippen molar-refractivity contribution in [3.05, 3.63) is 94.8 Å². The average molecular weight is 518 g/mol. The summed E-state index contributed by atoms with van der Waals surface area (Å²) in [7, 11) is 0. The number of hydrogen-bond acceptors (Lipinski definition) is 6. The second-order valence-corrected chi connectivity index (χ2v) is 9.69. The number of rotatable bonds is 9. The van der Waals surface area contributed by atoms with Crippen LogP contribution in [0.1, 0.15) is 23.9 Å². The van der Waals surface area contributed by atoms with Gasteiger partial charge in [-0.3, -0.25) is 9.36 Å². The number of allylic oxidation sites excluding steroid dienone is 3. The minimum Gasteiger partial charge on any atom is -0.486 e. The van der Waals surface area contributed by atoms with Gasteiger partial charge in [-0.25, -0.2) is 4.99 Å². The van der Waals surface area contributed by atoms with Crippen LogP contribution in [0.5, 0.6) is 5.75 Å². The molecule has 2 aromatic carbocycles. The van der Waals surface area contributed by atoms with Crippen molar-refractivity contribution in [1.82, 2.24) is 14.8 Å². The smallest absolute Gasteiger partial charge is 0.260 e. The summed E-state index contributed by atoms with van der Waals surface area (Å²) in [6, 6.07) is 18.2. The predicted octanol–water partition coefficient (Wildman–Crippen LogP) is 5.25. The van der Waals surface area contributed by atoms with E-state index in [1.54, 1.807) is 18.2 Å². The van der Waals surface area contributed by atoms with Gasteiger partial charge in [0.1, 0.15) is 24.1 Å². The monoisotopic (exact) mass is 517 g/mol. The Labute approximate surface area is 218 Å². The van der Waals surface area contributed by atoms with Gasteiger partial charge in [-0.2, -0.15) is 4.99 Å². The molecular formula is C27H24ClN5O2S. The standard InChI is InChI=1S/C27H24ClN5O2S/c1-2-18-8-11-21(12-9-18)35-16-25-31-32-27(33(25)15-19-6-4-3-5-7-19)36-17-24-29-23-14-20(28)10-13-22(23)26(34)30-24/h3-14,22H,2,15-17H2,1H3. The largest absolute Gasteiger partial charge is 0.486 e. The second-order valence-electron chi connectivity index (χ2n) is 8.31. The van der Waals surface area contributed by atoms with Gasteiger partial charge in [0.25, 0.3) is 5.91 Å². The number of carbonyl (C=O) groups is 1. The number of carbonyl (C=O) groups excluding carboxylic acids is 1. The highest BCUT2D eigenvalue weighted by molar-refractivity contribution is 7.99. The maximum atomic E-state index is 12.5. The van der Waals surface area contributed by atoms with Crippen molar-refractivity contribution in [2.45, 2.75) is 31.7 Å². The van der Waals surface area contributed by atoms with Crippen molar-refractivity contribution in [2.75, 3.05) is 5.75 Å². The molecule has 0 bridgehead atoms. The minimum absolute atomic E-state index is 0.235. The number of fused-ring (bicyclic) bond motifs is 1. The van der Waals surface area contributed by atoms with Crippen molar-refractivity contribution in [1.29, 1.82) is 0 Å². The number of halogens is 1. The molecule has 36 heavy (non-hydrogen) atoms. The number of aliphatic imine (C=N–C) groups is 2. The van der Waals surface area contributed by atoms with Crippen LogP contribution < -0.4 is 4.74 Å². The Morgan fingerprint density at radius 3 is 2.61 bits per heavy atom. The highest BCUT2D eigenvalue weighted by Crippen LogP contribution is 2.25. The summed E-state index contributed by atoms with van der Waals surface area (Å²) in [5.74, 6) is 1.61. The molecule has 9 heteroatoms. The van der Waals surface area contributed by atoms with Crippen LogP contribution >= 0.6 is 23.4 Å². The normalized spacial score (nSPS) is 16.8. The van der Waals surface area contributed by atoms with E-state index in [9.17, 15) is 4.79 Å². The third kappa shape index (κ3) is 5.66. The summed E-state index contributed by atoms with van der Waals surface area (Å²) >= 11 is 7.53. The number of nitrogens with zero attached hydrogens (tertiary/aromatic N) is 5. The second kappa shape index (κ2) is 11.1. The summed E-state index contributed by atoms with van der Waals surface area (Å²) in [4.78, 5) is 21.2. The Morgan fingerprint density at radius 1 is 1.03 bits per heavy atom. The predicted molar refractivity (Wildman–Crippen MR) is 143 cm³/mol. The molecule has 1 unspecified atom stereocenters. The van der Waals surface area contributed by atoms with Gasteiger partial charge in [0.05, 0.1) is 18.0 Å². The van der Waals surface area contributed by atoms with E-state index in [2.05, 4.69) is 51.4 Å². The number of ether oxygens (including phenoxy) is 1. The van der Waals surface area contributed by atoms with Crippen LogP contribution in [-0.2, 0) is 24.4 Å². The van der Waals surface area contributed by atoms with Gasteiger partial charge in [0, 0.05) is 5.03 Å². The summed E-state index contributed by atoms with van der Waals surface area (Å²) < 4.78 is 8.04. The third-order valence-electron chi connectivity index (χ3n) is 5.82. The number of aryl methyl sites for hydroxylation is 1. The van der Waals surface area contributed by atoms with Gasteiger partial charge < -0.3 is 4.74 Å². The Morgan fingerprint density at radius 2 is 1.83 bits per heavy atom. The first-order valence-corrected chi connectivity index (χ1v) is 13.0. The van der Waals surface area contributed by atoms with Gasteiger partial charge in [-0.1, -0.05) is 78.8 Å². The van der Waals surface area contributed by atoms with E-state index >= 15 is 0 Å². The summed E-state index contributed by atoms with van der Waals surface area (Å²) in [6.45, 7) is 3.00. The van der Waals surface area contributed by atoms with Gasteiger partial charge in [-0.05, 0) is 41.8 Å². The van der Waals surface area contributed by atoms with Crippen LogP contribution in [0.25, 0.3) is 0 Å². The third-order valence-corrected chi connectivity index (χ3v) is 7.02. The lowest BCUT2D eigenvalue weighted by Crippen LogP contribution is -2.28. The zero-order chi connectivity index (χ0) is 24.9. The quantitative estimate of drug-likeness (QED) is 0.362. The average Bonchev–Trinajstić information content (AvgIpc) is 3.28. The highest BCUT2D eigenvalue weighted by Gasteiger charge is 2.27. The van der Waals surface area contributed by atoms with Gasteiger partial charge in [-0.15, -0.1) is 10.2 Å². The zero-order valence-corrected chi connectivity index (χ0v) is 21.2. The number of thioether (sulfide) groups is 1. The molecule has 1 aliphatic heterocycles. The molecule has 1 atom stereocenters. The number of amidine groups is 1. The van der Waals surface area contributed by atoms with Crippen molar-refractivity contribution >= 4 is 40.8 Å². The summed E-state index contributed by atoms with van der Waals surface area (Å²) in [5, 5.41) is 10.1. The number of hydrogen-bond donors (Lipinski definition) is 0. The van der Waals surface area contributed by atoms with E-state index in [0.717, 1.165) is 17.7 Å². The van der Waals surface area contributed by atoms with E-state index in [0.29, 0.717) is 39.9 Å². The van der Waals surface area contributed by atoms with Gasteiger partial charge in [0.15, 0.2) is 11.0 Å². The van der Waals surface area contributed by atoms with E-state index in [1.165, 1.54) is 17.3 Å². The molecule has 0 saturated heterocycles. The van der Waals surface area contributed by atoms with Gasteiger partial charge >= 0.3 is 0 Å². The fourth-order valence-electron chi connectivity index (χ4n) is 3.87. The molecule has 0 N–H and O–H groups in total. The summed E-state index contributed by atoms with van der Waals surface area (Å²) in [6.07, 6.45) is 6.13. The lowest BCUT2D eigenvalue weighted by atomic mass is 9.96. The van der Waals surface area contributed by atoms with E-state index in [1.807, 2.05) is 34.9 Å². The Hall–Kier alpha value is -3.49. The molecule has 0 spiro atoms. The van der Waals surface area contributed by atoms with Crippen LogP contribution in [0.15, 0.2) is 93.0 Å². The molecule has 2 aliphatic rings. The maximum absolute atomic E-state index is 12.5. The van der Waals surface area contributed by atoms with Crippen LogP contribution in [-0.4, -0.2) is 38.0 Å². The summed E-state index contributed by atoms with van der Waals surface area (Å²) in [5.41, 5.74) is 3.00. The molecular weight excluding hydrogens is 494 g/mol. The number of benzene rings is 2. The lowest BCUT2D eigenvalue weighted by Gasteiger charge is -2.18. The fraction of sp³-hybridized carbons (Fsp3) is 0.222. The Balaban J connectivity index is 1.34. The molecule has 1 aliphatic carbocycles. The van der Waals surface area contributed by atoms with Crippen molar-refractivity contribution < 1.29 is 9.53 Å². The topological polar surface area (TPSA) is 81.7 Å². The molecule has 1 aromatic heterocycles. The van der Waals surface area contributed by atoms with Crippen LogP contribution in [0.2, 0.25) is 0 Å². The van der Waals surface area contributed by atoms with Crippen molar-refractivity contribution in [2.24, 2.45) is 15.9 Å². The molecule has 3 aromatic rings. The fourth-order valence-corrected chi connectivity index (χ4v) is 4.86. The van der Waals surface area contributed by atoms with Crippen molar-refractivity contribution in [3.63, 3.8) is 0 Å². The first kappa shape index (κ1) is 24.2. The first-order valence-electron chi connectivity index (χ1n) is 11.6. The zero-order valence-electron chi connectivity index (χ0n) is 19.7. The van der Waals surface area contributed by atoms with Crippen LogP contribution in [0, 0.1) is 5.92 Å². The van der Waals surface area contributed by atoms with Gasteiger partial charge in [0.2, 0.25) is 0 Å². The number of amides is 1. The molecule has 0 fully saturated rings. The van der Waals surface area contributed by atoms with Crippen molar-refractivity contribution in [3.8, 4) is 5.75 Å². The highest BCUT2D eigenvalue weighted by atomic mass is 35.5. The molecule has 1 amide bonds. The molecule has 182 valence electrons. The molecule has 0 saturated carbocycles. The first-order chi connectivity index (χ1) is 17.6. The Kier molecular flexibility index (Phi) is 7.44. The van der Waals surface area contributed by atoms with Crippen LogP contribution in [0.4, 0.5) is 0 Å². The Bertz CT molecular complexity index is 1380. The van der Waals surface area contributed by atoms with E-state index in [-0.39, 0.29) is 12.5 Å². The van der Waals surface area contributed by atoms with E-state index in [4.69, 9.17) is 16.3 Å². The molecule has 7 nitrogen and oxygen atoms in total. The molecule has 5 rings (SSSR count). The van der Waals surface area contributed by atoms with E-state index < -0.39 is 5.92 Å². The molecule has 2 heterocycles. The number of aromatic nitrogens is 3. The SMILES string of the molecule is CCc1ccc(OCc2nnc(SCC3=NC(=O)C4C=CC(Cl)=CC4=N3)n2Cc2ccccc2)cc1.